The summed E-state index contributed by atoms with van der Waals surface area (Å²) >= 11 is 6.04. The Kier molecular flexibility index (Phi) is 5.36. The van der Waals surface area contributed by atoms with Crippen molar-refractivity contribution in [2.45, 2.75) is 13.3 Å². The van der Waals surface area contributed by atoms with Gasteiger partial charge in [0.15, 0.2) is 0 Å². The van der Waals surface area contributed by atoms with E-state index in [2.05, 4.69) is 5.10 Å². The molecule has 0 saturated carbocycles. The van der Waals surface area contributed by atoms with Crippen LogP contribution in [-0.2, 0) is 10.0 Å². The number of rotatable bonds is 3. The van der Waals surface area contributed by atoms with E-state index in [9.17, 15) is 13.2 Å². The molecule has 0 atom stereocenters. The van der Waals surface area contributed by atoms with Gasteiger partial charge in [0, 0.05) is 31.2 Å². The number of hydrogen-bond donors (Lipinski definition) is 0. The Morgan fingerprint density at radius 3 is 2.65 bits per heavy atom. The molecule has 7 nitrogen and oxygen atoms in total. The molecule has 2 heterocycles. The summed E-state index contributed by atoms with van der Waals surface area (Å²) in [7, 11) is -3.24. The minimum Gasteiger partial charge on any atom is -0.337 e. The van der Waals surface area contributed by atoms with Crippen molar-refractivity contribution in [3.63, 3.8) is 0 Å². The molecule has 0 N–H and O–H groups in total. The van der Waals surface area contributed by atoms with Gasteiger partial charge in [-0.25, -0.2) is 17.4 Å². The highest BCUT2D eigenvalue weighted by Gasteiger charge is 2.26. The molecule has 0 radical (unpaired) electrons. The molecular formula is C17H21ClN4O3S. The van der Waals surface area contributed by atoms with Gasteiger partial charge in [0.2, 0.25) is 10.0 Å². The van der Waals surface area contributed by atoms with E-state index in [4.69, 9.17) is 11.6 Å². The predicted octanol–water partition coefficient (Wildman–Crippen LogP) is 1.94. The molecule has 1 aliphatic rings. The lowest BCUT2D eigenvalue weighted by Crippen LogP contribution is -2.37. The minimum absolute atomic E-state index is 0.133. The first-order valence-corrected chi connectivity index (χ1v) is 10.5. The number of amides is 1. The first kappa shape index (κ1) is 18.9. The number of carbonyl (C=O) groups excluding carboxylic acids is 1. The topological polar surface area (TPSA) is 75.5 Å². The Morgan fingerprint density at radius 2 is 1.96 bits per heavy atom. The molecule has 2 aromatic rings. The Morgan fingerprint density at radius 1 is 1.19 bits per heavy atom. The zero-order valence-corrected chi connectivity index (χ0v) is 16.3. The number of sulfonamides is 1. The number of hydrogen-bond acceptors (Lipinski definition) is 4. The fraction of sp³-hybridized carbons (Fsp3) is 0.412. The van der Waals surface area contributed by atoms with Crippen LogP contribution in [0.4, 0.5) is 0 Å². The minimum atomic E-state index is -3.24. The second kappa shape index (κ2) is 7.38. The number of nitrogens with zero attached hydrogens (tertiary/aromatic N) is 4. The largest absolute Gasteiger partial charge is 0.337 e. The summed E-state index contributed by atoms with van der Waals surface area (Å²) in [6.07, 6.45) is 3.36. The van der Waals surface area contributed by atoms with Crippen LogP contribution in [0.3, 0.4) is 0 Å². The zero-order chi connectivity index (χ0) is 18.9. The summed E-state index contributed by atoms with van der Waals surface area (Å²) < 4.78 is 26.6. The van der Waals surface area contributed by atoms with E-state index in [1.54, 1.807) is 27.9 Å². The van der Waals surface area contributed by atoms with Gasteiger partial charge in [-0.05, 0) is 31.5 Å². The molecule has 1 aromatic carbocycles. The summed E-state index contributed by atoms with van der Waals surface area (Å²) in [6.45, 7) is 3.47. The van der Waals surface area contributed by atoms with Gasteiger partial charge < -0.3 is 4.90 Å². The average Bonchev–Trinajstić information content (AvgIpc) is 2.80. The van der Waals surface area contributed by atoms with E-state index in [1.165, 1.54) is 10.6 Å². The lowest BCUT2D eigenvalue weighted by atomic mass is 10.2. The molecule has 1 aromatic heterocycles. The summed E-state index contributed by atoms with van der Waals surface area (Å²) in [5.41, 5.74) is 2.02. The SMILES string of the molecule is Cc1c(C(=O)N2CCCN(S(C)(=O)=O)CC2)cnn1-c1cccc(Cl)c1. The smallest absolute Gasteiger partial charge is 0.257 e. The molecule has 3 rings (SSSR count). The van der Waals surface area contributed by atoms with Crippen LogP contribution in [0.2, 0.25) is 5.02 Å². The molecule has 1 aliphatic heterocycles. The lowest BCUT2D eigenvalue weighted by Gasteiger charge is -2.21. The van der Waals surface area contributed by atoms with Gasteiger partial charge in [-0.15, -0.1) is 0 Å². The third kappa shape index (κ3) is 3.92. The molecule has 0 unspecified atom stereocenters. The summed E-state index contributed by atoms with van der Waals surface area (Å²) in [6, 6.07) is 7.26. The van der Waals surface area contributed by atoms with Crippen LogP contribution in [0.1, 0.15) is 22.5 Å². The number of aromatic nitrogens is 2. The Labute approximate surface area is 158 Å². The molecular weight excluding hydrogens is 376 g/mol. The molecule has 9 heteroatoms. The van der Waals surface area contributed by atoms with Crippen LogP contribution in [0, 0.1) is 6.92 Å². The third-order valence-electron chi connectivity index (χ3n) is 4.50. The highest BCUT2D eigenvalue weighted by Crippen LogP contribution is 2.19. The van der Waals surface area contributed by atoms with E-state index in [-0.39, 0.29) is 5.91 Å². The van der Waals surface area contributed by atoms with Crippen molar-refractivity contribution in [1.29, 1.82) is 0 Å². The van der Waals surface area contributed by atoms with Crippen molar-refractivity contribution >= 4 is 27.5 Å². The van der Waals surface area contributed by atoms with E-state index < -0.39 is 10.0 Å². The number of benzene rings is 1. The second-order valence-electron chi connectivity index (χ2n) is 6.34. The van der Waals surface area contributed by atoms with E-state index >= 15 is 0 Å². The van der Waals surface area contributed by atoms with E-state index in [0.29, 0.717) is 43.2 Å². The average molecular weight is 397 g/mol. The summed E-state index contributed by atoms with van der Waals surface area (Å²) in [5, 5.41) is 4.92. The van der Waals surface area contributed by atoms with E-state index in [1.807, 2.05) is 19.1 Å². The normalized spacial score (nSPS) is 16.5. The van der Waals surface area contributed by atoms with Gasteiger partial charge in [-0.1, -0.05) is 17.7 Å². The molecule has 26 heavy (non-hydrogen) atoms. The second-order valence-corrected chi connectivity index (χ2v) is 8.76. The van der Waals surface area contributed by atoms with Gasteiger partial charge in [0.25, 0.3) is 5.91 Å². The first-order chi connectivity index (χ1) is 12.3. The van der Waals surface area contributed by atoms with Gasteiger partial charge >= 0.3 is 0 Å². The zero-order valence-electron chi connectivity index (χ0n) is 14.7. The van der Waals surface area contributed by atoms with Gasteiger partial charge in [0.05, 0.1) is 29.4 Å². The Bertz CT molecular complexity index is 926. The van der Waals surface area contributed by atoms with Crippen LogP contribution < -0.4 is 0 Å². The summed E-state index contributed by atoms with van der Waals surface area (Å²) in [4.78, 5) is 14.6. The molecule has 0 aliphatic carbocycles. The third-order valence-corrected chi connectivity index (χ3v) is 6.04. The highest BCUT2D eigenvalue weighted by atomic mass is 35.5. The van der Waals surface area contributed by atoms with Crippen molar-refractivity contribution < 1.29 is 13.2 Å². The molecule has 1 amide bonds. The maximum absolute atomic E-state index is 12.9. The lowest BCUT2D eigenvalue weighted by molar-refractivity contribution is 0.0763. The maximum Gasteiger partial charge on any atom is 0.257 e. The predicted molar refractivity (Wildman–Crippen MR) is 100 cm³/mol. The summed E-state index contributed by atoms with van der Waals surface area (Å²) in [5.74, 6) is -0.133. The maximum atomic E-state index is 12.9. The first-order valence-electron chi connectivity index (χ1n) is 8.32. The van der Waals surface area contributed by atoms with Crippen LogP contribution in [-0.4, -0.2) is 65.7 Å². The van der Waals surface area contributed by atoms with Gasteiger partial charge in [-0.3, -0.25) is 4.79 Å². The highest BCUT2D eigenvalue weighted by molar-refractivity contribution is 7.88. The molecule has 0 bridgehead atoms. The fourth-order valence-electron chi connectivity index (χ4n) is 3.09. The number of carbonyl (C=O) groups is 1. The van der Waals surface area contributed by atoms with Crippen LogP contribution in [0.15, 0.2) is 30.5 Å². The molecule has 1 saturated heterocycles. The standard InChI is InChI=1S/C17H21ClN4O3S/c1-13-16(12-19-22(13)15-6-3-5-14(18)11-15)17(23)20-7-4-8-21(10-9-20)26(2,24)25/h3,5-6,11-12H,4,7-10H2,1-2H3. The van der Waals surface area contributed by atoms with Crippen molar-refractivity contribution in [2.24, 2.45) is 0 Å². The van der Waals surface area contributed by atoms with E-state index in [0.717, 1.165) is 11.4 Å². The monoisotopic (exact) mass is 396 g/mol. The van der Waals surface area contributed by atoms with Crippen LogP contribution >= 0.6 is 11.6 Å². The quantitative estimate of drug-likeness (QED) is 0.794. The van der Waals surface area contributed by atoms with Crippen molar-refractivity contribution in [3.8, 4) is 5.69 Å². The Hall–Kier alpha value is -1.90. The molecule has 140 valence electrons. The van der Waals surface area contributed by atoms with Crippen molar-refractivity contribution in [3.05, 3.63) is 46.7 Å². The van der Waals surface area contributed by atoms with Gasteiger partial charge in [-0.2, -0.15) is 5.10 Å². The van der Waals surface area contributed by atoms with Crippen molar-refractivity contribution in [1.82, 2.24) is 19.0 Å². The van der Waals surface area contributed by atoms with Crippen LogP contribution in [0.5, 0.6) is 0 Å². The number of halogens is 1. The fourth-order valence-corrected chi connectivity index (χ4v) is 4.15. The van der Waals surface area contributed by atoms with Crippen LogP contribution in [0.25, 0.3) is 5.69 Å². The van der Waals surface area contributed by atoms with Crippen molar-refractivity contribution in [2.75, 3.05) is 32.4 Å². The molecule has 1 fully saturated rings. The Balaban J connectivity index is 1.81. The molecule has 0 spiro atoms. The van der Waals surface area contributed by atoms with Gasteiger partial charge in [0.1, 0.15) is 0 Å².